The number of fused-ring (bicyclic) bond motifs is 3. The van der Waals surface area contributed by atoms with E-state index in [0.29, 0.717) is 12.5 Å². The largest absolute Gasteiger partial charge is 0.496 e. The molecule has 8 rings (SSSR count). The molecule has 3 aromatic rings. The number of rotatable bonds is 9. The lowest BCUT2D eigenvalue weighted by Crippen LogP contribution is -2.52. The molecular weight excluding hydrogens is 657 g/mol. The molecule has 2 amide bonds. The molecule has 8 nitrogen and oxygen atoms in total. The second-order valence-corrected chi connectivity index (χ2v) is 18.1. The number of anilines is 1. The van der Waals surface area contributed by atoms with Gasteiger partial charge in [0.1, 0.15) is 17.7 Å². The van der Waals surface area contributed by atoms with Crippen molar-refractivity contribution in [1.82, 2.24) is 14.9 Å². The Kier molecular flexibility index (Phi) is 9.98. The molecule has 1 aliphatic heterocycles. The molecule has 0 unspecified atom stereocenters. The van der Waals surface area contributed by atoms with Crippen molar-refractivity contribution in [2.45, 2.75) is 122 Å². The molecule has 2 aromatic heterocycles. The van der Waals surface area contributed by atoms with Gasteiger partial charge in [0.25, 0.3) is 0 Å². The third kappa shape index (κ3) is 7.29. The summed E-state index contributed by atoms with van der Waals surface area (Å²) in [7, 11) is 1.74. The van der Waals surface area contributed by atoms with Crippen LogP contribution in [0.2, 0.25) is 0 Å². The van der Waals surface area contributed by atoms with Gasteiger partial charge in [0.15, 0.2) is 0 Å². The summed E-state index contributed by atoms with van der Waals surface area (Å²) in [6.45, 7) is 13.2. The van der Waals surface area contributed by atoms with Gasteiger partial charge in [-0.1, -0.05) is 39.8 Å². The van der Waals surface area contributed by atoms with Crippen molar-refractivity contribution in [2.75, 3.05) is 31.6 Å². The molecule has 4 saturated carbocycles. The number of methoxy groups -OCH3 is 1. The summed E-state index contributed by atoms with van der Waals surface area (Å²) in [4.78, 5) is 42.0. The number of likely N-dealkylation sites (tertiary alicyclic amines) is 1. The zero-order valence-electron chi connectivity index (χ0n) is 31.5. The Morgan fingerprint density at radius 3 is 2.29 bits per heavy atom. The molecule has 0 N–H and O–H groups in total. The van der Waals surface area contributed by atoms with Crippen LogP contribution in [0.15, 0.2) is 42.7 Å². The second kappa shape index (κ2) is 14.2. The van der Waals surface area contributed by atoms with Crippen LogP contribution in [-0.2, 0) is 20.4 Å². The van der Waals surface area contributed by atoms with Gasteiger partial charge in [-0.25, -0.2) is 14.8 Å². The van der Waals surface area contributed by atoms with E-state index in [2.05, 4.69) is 58.9 Å². The van der Waals surface area contributed by atoms with Crippen LogP contribution in [0.1, 0.15) is 114 Å². The first kappa shape index (κ1) is 35.9. The van der Waals surface area contributed by atoms with Crippen LogP contribution >= 0.6 is 11.3 Å². The first-order valence-corrected chi connectivity index (χ1v) is 20.1. The van der Waals surface area contributed by atoms with Crippen molar-refractivity contribution < 1.29 is 19.1 Å². The average Bonchev–Trinajstić information content (AvgIpc) is 3.63. The first-order chi connectivity index (χ1) is 24.4. The monoisotopic (exact) mass is 712 g/mol. The quantitative estimate of drug-likeness (QED) is 0.220. The third-order valence-electron chi connectivity index (χ3n) is 12.7. The smallest absolute Gasteiger partial charge is 0.410 e. The fraction of sp³-hybridized carbons (Fsp3) is 0.619. The summed E-state index contributed by atoms with van der Waals surface area (Å²) in [5, 5.41) is 1.10. The molecule has 2 bridgehead atoms. The fourth-order valence-corrected chi connectivity index (χ4v) is 10.0. The molecule has 5 aliphatic rings. The number of carbonyl (C=O) groups is 2. The number of thiazole rings is 1. The normalized spacial score (nSPS) is 26.4. The molecule has 274 valence electrons. The zero-order valence-corrected chi connectivity index (χ0v) is 32.3. The van der Waals surface area contributed by atoms with E-state index in [1.807, 2.05) is 28.3 Å². The lowest BCUT2D eigenvalue weighted by Gasteiger charge is -2.55. The summed E-state index contributed by atoms with van der Waals surface area (Å²) in [5.74, 6) is 2.33. The highest BCUT2D eigenvalue weighted by atomic mass is 32.1. The predicted octanol–water partition coefficient (Wildman–Crippen LogP) is 9.48. The molecule has 5 fully saturated rings. The second-order valence-electron chi connectivity index (χ2n) is 17.1. The van der Waals surface area contributed by atoms with E-state index in [0.717, 1.165) is 111 Å². The average molecular weight is 713 g/mol. The third-order valence-corrected chi connectivity index (χ3v) is 14.2. The van der Waals surface area contributed by atoms with Crippen molar-refractivity contribution >= 4 is 29.2 Å². The summed E-state index contributed by atoms with van der Waals surface area (Å²) >= 11 is 1.72. The Balaban J connectivity index is 1.09. The van der Waals surface area contributed by atoms with E-state index in [-0.39, 0.29) is 40.3 Å². The van der Waals surface area contributed by atoms with Gasteiger partial charge >= 0.3 is 6.09 Å². The minimum absolute atomic E-state index is 0.0258. The highest BCUT2D eigenvalue weighted by molar-refractivity contribution is 7.15. The zero-order chi connectivity index (χ0) is 36.0. The van der Waals surface area contributed by atoms with Crippen LogP contribution in [0.4, 0.5) is 10.6 Å². The van der Waals surface area contributed by atoms with Crippen LogP contribution < -0.4 is 9.64 Å². The summed E-state index contributed by atoms with van der Waals surface area (Å²) in [5.41, 5.74) is 3.93. The van der Waals surface area contributed by atoms with Gasteiger partial charge in [-0.2, -0.15) is 0 Å². The van der Waals surface area contributed by atoms with E-state index in [1.54, 1.807) is 18.4 Å². The summed E-state index contributed by atoms with van der Waals surface area (Å²) in [6, 6.07) is 10.9. The molecular formula is C42H56N4O4S. The number of ether oxygens (including phenoxy) is 2. The highest BCUT2D eigenvalue weighted by Gasteiger charge is 2.51. The van der Waals surface area contributed by atoms with Gasteiger partial charge in [0.2, 0.25) is 5.91 Å². The van der Waals surface area contributed by atoms with E-state index in [9.17, 15) is 9.59 Å². The number of amides is 2. The fourth-order valence-electron chi connectivity index (χ4n) is 9.06. The summed E-state index contributed by atoms with van der Waals surface area (Å²) in [6.07, 6.45) is 14.2. The molecule has 4 aliphatic carbocycles. The molecule has 0 spiro atoms. The Morgan fingerprint density at radius 1 is 0.980 bits per heavy atom. The van der Waals surface area contributed by atoms with Crippen LogP contribution in [0, 0.1) is 24.2 Å². The number of nitrogens with zero attached hydrogens (tertiary/aromatic N) is 4. The minimum atomic E-state index is -0.190. The van der Waals surface area contributed by atoms with Crippen molar-refractivity contribution in [2.24, 2.45) is 17.3 Å². The van der Waals surface area contributed by atoms with Gasteiger partial charge < -0.3 is 14.4 Å². The molecule has 51 heavy (non-hydrogen) atoms. The number of benzene rings is 1. The number of aryl methyl sites for hydroxylation is 1. The van der Waals surface area contributed by atoms with Gasteiger partial charge in [0, 0.05) is 43.4 Å². The van der Waals surface area contributed by atoms with E-state index < -0.39 is 0 Å². The molecule has 1 aromatic carbocycles. The Labute approximate surface area is 308 Å². The van der Waals surface area contributed by atoms with Gasteiger partial charge in [-0.3, -0.25) is 9.69 Å². The van der Waals surface area contributed by atoms with Crippen molar-refractivity contribution in [3.63, 3.8) is 0 Å². The SMILES string of the molecule is CCC1CN(C(=O)OC2CCC(C(=O)N(CC34CCC(c5ccc(OC)c(C)c5)(CC3)CC4)c3cc(-c4cnc(C(C)(C)C)s4)ccn3)CC2)C1. The number of pyridine rings is 1. The number of hydrogen-bond acceptors (Lipinski definition) is 7. The standard InChI is InChI=1S/C42H56N4O4S/c1-7-29-25-45(26-29)39(48)50-33-11-8-30(9-12-33)37(47)46(36-23-31(14-21-43-36)35-24-44-38(51-35)40(3,4)5)27-41-15-18-42(19-16-41,20-17-41)32-10-13-34(49-6)28(2)22-32/h10,13-14,21-24,29-30,33H,7-9,11-12,15-20,25-27H2,1-6H3. The number of carbonyl (C=O) groups excluding carboxylic acids is 2. The molecule has 9 heteroatoms. The molecule has 0 radical (unpaired) electrons. The van der Waals surface area contributed by atoms with Gasteiger partial charge in [-0.05, 0) is 129 Å². The molecule has 3 heterocycles. The van der Waals surface area contributed by atoms with Crippen LogP contribution in [0.25, 0.3) is 10.4 Å². The first-order valence-electron chi connectivity index (χ1n) is 19.3. The van der Waals surface area contributed by atoms with Crippen LogP contribution in [0.3, 0.4) is 0 Å². The molecule has 1 saturated heterocycles. The molecule has 0 atom stereocenters. The van der Waals surface area contributed by atoms with Gasteiger partial charge in [-0.15, -0.1) is 11.3 Å². The Hall–Kier alpha value is -3.46. The topological polar surface area (TPSA) is 84.9 Å². The van der Waals surface area contributed by atoms with E-state index >= 15 is 0 Å². The number of hydrogen-bond donors (Lipinski definition) is 0. The van der Waals surface area contributed by atoms with Crippen LogP contribution in [0.5, 0.6) is 5.75 Å². The van der Waals surface area contributed by atoms with Crippen molar-refractivity contribution in [3.05, 3.63) is 58.9 Å². The maximum Gasteiger partial charge on any atom is 0.410 e. The summed E-state index contributed by atoms with van der Waals surface area (Å²) < 4.78 is 11.5. The Morgan fingerprint density at radius 2 is 1.69 bits per heavy atom. The van der Waals surface area contributed by atoms with E-state index in [4.69, 9.17) is 19.4 Å². The highest BCUT2D eigenvalue weighted by Crippen LogP contribution is 2.58. The van der Waals surface area contributed by atoms with Gasteiger partial charge in [0.05, 0.1) is 17.0 Å². The van der Waals surface area contributed by atoms with Crippen molar-refractivity contribution in [3.8, 4) is 16.2 Å². The maximum absolute atomic E-state index is 14.7. The van der Waals surface area contributed by atoms with Crippen LogP contribution in [-0.4, -0.2) is 59.7 Å². The maximum atomic E-state index is 14.7. The Bertz CT molecular complexity index is 1710. The lowest BCUT2D eigenvalue weighted by molar-refractivity contribution is -0.124. The van der Waals surface area contributed by atoms with E-state index in [1.165, 1.54) is 11.1 Å². The van der Waals surface area contributed by atoms with Crippen molar-refractivity contribution in [1.29, 1.82) is 0 Å². The predicted molar refractivity (Wildman–Crippen MR) is 204 cm³/mol. The lowest BCUT2D eigenvalue weighted by atomic mass is 9.51. The minimum Gasteiger partial charge on any atom is -0.496 e. The number of aromatic nitrogens is 2.